The number of rotatable bonds is 6. The minimum atomic E-state index is -0.997. The predicted molar refractivity (Wildman–Crippen MR) is 76.6 cm³/mol. The lowest BCUT2D eigenvalue weighted by Gasteiger charge is -2.19. The van der Waals surface area contributed by atoms with Crippen molar-refractivity contribution in [1.82, 2.24) is 10.2 Å². The summed E-state index contributed by atoms with van der Waals surface area (Å²) < 4.78 is 0. The second-order valence-corrected chi connectivity index (χ2v) is 4.91. The van der Waals surface area contributed by atoms with Crippen LogP contribution in [0.25, 0.3) is 0 Å². The highest BCUT2D eigenvalue weighted by Gasteiger charge is 2.12. The molecule has 2 N–H and O–H groups in total. The molecule has 0 amide bonds. The van der Waals surface area contributed by atoms with Crippen molar-refractivity contribution in [3.63, 3.8) is 0 Å². The molecular weight excluding hydrogens is 242 g/mol. The summed E-state index contributed by atoms with van der Waals surface area (Å²) in [5.41, 5.74) is 2.54. The quantitative estimate of drug-likeness (QED) is 0.774. The largest absolute Gasteiger partial charge is 0.477 e. The third kappa shape index (κ3) is 4.99. The van der Waals surface area contributed by atoms with E-state index in [1.807, 2.05) is 32.6 Å². The zero-order valence-corrected chi connectivity index (χ0v) is 11.9. The lowest BCUT2D eigenvalue weighted by atomic mass is 10.2. The van der Waals surface area contributed by atoms with Crippen LogP contribution in [-0.4, -0.2) is 34.4 Å². The molecule has 0 aliphatic rings. The molecule has 0 aromatic carbocycles. The molecule has 1 heterocycles. The van der Waals surface area contributed by atoms with E-state index in [4.69, 9.17) is 5.11 Å². The smallest absolute Gasteiger partial charge is 0.353 e. The van der Waals surface area contributed by atoms with Crippen LogP contribution in [0, 0.1) is 0 Å². The van der Waals surface area contributed by atoms with Gasteiger partial charge in [0.25, 0.3) is 0 Å². The Morgan fingerprint density at radius 1 is 1.26 bits per heavy atom. The van der Waals surface area contributed by atoms with Crippen molar-refractivity contribution in [1.29, 1.82) is 0 Å². The Hall–Kier alpha value is -2.04. The maximum absolute atomic E-state index is 10.9. The molecule has 5 heteroatoms. The van der Waals surface area contributed by atoms with Gasteiger partial charge in [0.15, 0.2) is 5.82 Å². The van der Waals surface area contributed by atoms with E-state index in [2.05, 4.69) is 22.3 Å². The van der Waals surface area contributed by atoms with Crippen LogP contribution < -0.4 is 4.90 Å². The van der Waals surface area contributed by atoms with Gasteiger partial charge in [0, 0.05) is 19.2 Å². The van der Waals surface area contributed by atoms with Crippen LogP contribution in [0.15, 0.2) is 29.4 Å². The third-order valence-electron chi connectivity index (χ3n) is 2.56. The normalized spacial score (nSPS) is 9.89. The van der Waals surface area contributed by atoms with Gasteiger partial charge in [0.1, 0.15) is 5.69 Å². The summed E-state index contributed by atoms with van der Waals surface area (Å²) in [5.74, 6) is -0.351. The lowest BCUT2D eigenvalue weighted by Crippen LogP contribution is -2.24. The van der Waals surface area contributed by atoms with Crippen LogP contribution in [0.5, 0.6) is 0 Å². The van der Waals surface area contributed by atoms with E-state index in [9.17, 15) is 4.79 Å². The maximum Gasteiger partial charge on any atom is 0.353 e. The summed E-state index contributed by atoms with van der Waals surface area (Å²) in [5, 5.41) is 15.5. The van der Waals surface area contributed by atoms with Crippen LogP contribution in [0.1, 0.15) is 38.2 Å². The molecular formula is C14H21N3O2. The van der Waals surface area contributed by atoms with Crippen LogP contribution in [0.2, 0.25) is 0 Å². The van der Waals surface area contributed by atoms with Gasteiger partial charge in [-0.05, 0) is 27.7 Å². The van der Waals surface area contributed by atoms with Crippen LogP contribution in [-0.2, 0) is 0 Å². The average molecular weight is 263 g/mol. The Morgan fingerprint density at radius 2 is 1.79 bits per heavy atom. The zero-order chi connectivity index (χ0) is 14.4. The molecule has 1 aromatic heterocycles. The van der Waals surface area contributed by atoms with Crippen LogP contribution >= 0.6 is 0 Å². The van der Waals surface area contributed by atoms with Crippen molar-refractivity contribution in [2.24, 2.45) is 0 Å². The van der Waals surface area contributed by atoms with E-state index < -0.39 is 5.97 Å². The van der Waals surface area contributed by atoms with Crippen molar-refractivity contribution in [3.05, 3.63) is 35.1 Å². The second-order valence-electron chi connectivity index (χ2n) is 4.91. The molecule has 0 atom stereocenters. The standard InChI is InChI=1S/C14H21N3O2/c1-10(2)5-7-17(8-6-11(3)4)13-9-12(14(18)19)15-16-13/h5-6,9H,7-8H2,1-4H3,(H,15,16)(H,18,19). The fourth-order valence-electron chi connectivity index (χ4n) is 1.43. The van der Waals surface area contributed by atoms with Gasteiger partial charge in [-0.1, -0.05) is 23.3 Å². The topological polar surface area (TPSA) is 69.2 Å². The molecule has 104 valence electrons. The lowest BCUT2D eigenvalue weighted by molar-refractivity contribution is 0.0690. The highest BCUT2D eigenvalue weighted by atomic mass is 16.4. The van der Waals surface area contributed by atoms with Crippen molar-refractivity contribution in [2.45, 2.75) is 27.7 Å². The van der Waals surface area contributed by atoms with E-state index in [1.54, 1.807) is 6.07 Å². The molecule has 0 saturated heterocycles. The number of nitrogens with one attached hydrogen (secondary N) is 1. The number of hydrogen-bond acceptors (Lipinski definition) is 3. The molecule has 0 radical (unpaired) electrons. The first-order valence-corrected chi connectivity index (χ1v) is 6.20. The number of carbonyl (C=O) groups is 1. The number of aromatic nitrogens is 2. The van der Waals surface area contributed by atoms with Crippen molar-refractivity contribution in [3.8, 4) is 0 Å². The van der Waals surface area contributed by atoms with E-state index in [-0.39, 0.29) is 5.69 Å². The predicted octanol–water partition coefficient (Wildman–Crippen LogP) is 2.85. The zero-order valence-electron chi connectivity index (χ0n) is 11.9. The molecule has 1 aromatic rings. The third-order valence-corrected chi connectivity index (χ3v) is 2.56. The fraction of sp³-hybridized carbons (Fsp3) is 0.429. The van der Waals surface area contributed by atoms with Gasteiger partial charge in [-0.25, -0.2) is 4.79 Å². The van der Waals surface area contributed by atoms with E-state index in [0.717, 1.165) is 0 Å². The summed E-state index contributed by atoms with van der Waals surface area (Å²) in [6.45, 7) is 9.54. The summed E-state index contributed by atoms with van der Waals surface area (Å²) >= 11 is 0. The van der Waals surface area contributed by atoms with Gasteiger partial charge in [0.05, 0.1) is 0 Å². The van der Waals surface area contributed by atoms with Crippen molar-refractivity contribution in [2.75, 3.05) is 18.0 Å². The molecule has 0 aliphatic carbocycles. The van der Waals surface area contributed by atoms with Crippen LogP contribution in [0.4, 0.5) is 5.82 Å². The molecule has 0 aliphatic heterocycles. The van der Waals surface area contributed by atoms with Crippen molar-refractivity contribution < 1.29 is 9.90 Å². The number of H-pyrrole nitrogens is 1. The molecule has 19 heavy (non-hydrogen) atoms. The number of nitrogens with zero attached hydrogens (tertiary/aromatic N) is 2. The van der Waals surface area contributed by atoms with Gasteiger partial charge in [-0.2, -0.15) is 5.10 Å². The molecule has 0 saturated carbocycles. The summed E-state index contributed by atoms with van der Waals surface area (Å²) in [6, 6.07) is 1.56. The van der Waals surface area contributed by atoms with E-state index in [0.29, 0.717) is 18.9 Å². The molecule has 5 nitrogen and oxygen atoms in total. The average Bonchev–Trinajstić information content (AvgIpc) is 2.77. The van der Waals surface area contributed by atoms with Gasteiger partial charge in [-0.3, -0.25) is 5.10 Å². The minimum Gasteiger partial charge on any atom is -0.477 e. The highest BCUT2D eigenvalue weighted by Crippen LogP contribution is 2.13. The molecule has 0 bridgehead atoms. The van der Waals surface area contributed by atoms with Crippen molar-refractivity contribution >= 4 is 11.8 Å². The first-order valence-electron chi connectivity index (χ1n) is 6.20. The molecule has 0 unspecified atom stereocenters. The molecule has 0 fully saturated rings. The Labute approximate surface area is 113 Å². The number of aromatic carboxylic acids is 1. The number of aromatic amines is 1. The van der Waals surface area contributed by atoms with E-state index in [1.165, 1.54) is 11.1 Å². The summed E-state index contributed by atoms with van der Waals surface area (Å²) in [6.07, 6.45) is 4.18. The van der Waals surface area contributed by atoms with E-state index >= 15 is 0 Å². The summed E-state index contributed by atoms with van der Waals surface area (Å²) in [7, 11) is 0. The number of carboxylic acids is 1. The minimum absolute atomic E-state index is 0.106. The van der Waals surface area contributed by atoms with Crippen LogP contribution in [0.3, 0.4) is 0 Å². The SMILES string of the molecule is CC(C)=CCN(CC=C(C)C)c1cc(C(=O)O)[nH]n1. The highest BCUT2D eigenvalue weighted by molar-refractivity contribution is 5.86. The Balaban J connectivity index is 2.90. The first-order chi connectivity index (χ1) is 8.90. The maximum atomic E-state index is 10.9. The van der Waals surface area contributed by atoms with Gasteiger partial charge < -0.3 is 10.0 Å². The molecule has 1 rings (SSSR count). The van der Waals surface area contributed by atoms with Gasteiger partial charge >= 0.3 is 5.97 Å². The first kappa shape index (κ1) is 15.0. The Morgan fingerprint density at radius 3 is 2.16 bits per heavy atom. The second kappa shape index (κ2) is 6.78. The Kier molecular flexibility index (Phi) is 5.36. The monoisotopic (exact) mass is 263 g/mol. The number of allylic oxidation sites excluding steroid dienone is 2. The van der Waals surface area contributed by atoms with Gasteiger partial charge in [-0.15, -0.1) is 0 Å². The fourth-order valence-corrected chi connectivity index (χ4v) is 1.43. The molecule has 0 spiro atoms. The number of carboxylic acid groups (broad SMARTS) is 1. The number of hydrogen-bond donors (Lipinski definition) is 2. The number of anilines is 1. The van der Waals surface area contributed by atoms with Gasteiger partial charge in [0.2, 0.25) is 0 Å². The Bertz CT molecular complexity index is 473. The summed E-state index contributed by atoms with van der Waals surface area (Å²) in [4.78, 5) is 12.9.